The molecule has 0 heterocycles. The summed E-state index contributed by atoms with van der Waals surface area (Å²) in [5, 5.41) is 11.5. The van der Waals surface area contributed by atoms with E-state index >= 15 is 0 Å². The molecule has 2 rings (SSSR count). The third-order valence-electron chi connectivity index (χ3n) is 2.83. The zero-order chi connectivity index (χ0) is 9.80. The zero-order valence-electron chi connectivity index (χ0n) is 8.24. The van der Waals surface area contributed by atoms with Crippen LogP contribution in [0.15, 0.2) is 23.4 Å². The molecule has 1 aliphatic carbocycles. The highest BCUT2D eigenvalue weighted by Crippen LogP contribution is 2.21. The lowest BCUT2D eigenvalue weighted by atomic mass is 10.0. The summed E-state index contributed by atoms with van der Waals surface area (Å²) in [4.78, 5) is 0. The van der Waals surface area contributed by atoms with E-state index < -0.39 is 0 Å². The molecule has 1 N–H and O–H groups in total. The Balaban J connectivity index is 2.32. The van der Waals surface area contributed by atoms with Gasteiger partial charge in [0, 0.05) is 0 Å². The van der Waals surface area contributed by atoms with Crippen molar-refractivity contribution in [1.82, 2.24) is 0 Å². The van der Waals surface area contributed by atoms with Gasteiger partial charge in [-0.3, -0.25) is 0 Å². The van der Waals surface area contributed by atoms with Gasteiger partial charge in [-0.15, -0.1) is 0 Å². The number of benzene rings is 1. The molecule has 1 aliphatic rings. The van der Waals surface area contributed by atoms with E-state index in [0.717, 1.165) is 5.56 Å². The van der Waals surface area contributed by atoms with Crippen LogP contribution >= 0.6 is 0 Å². The van der Waals surface area contributed by atoms with Crippen molar-refractivity contribution in [3.8, 4) is 0 Å². The molecule has 0 radical (unpaired) electrons. The molecule has 0 bridgehead atoms. The van der Waals surface area contributed by atoms with Gasteiger partial charge >= 0.3 is 0 Å². The van der Waals surface area contributed by atoms with Gasteiger partial charge in [0.1, 0.15) is 0 Å². The number of nitrogens with zero attached hydrogens (tertiary/aromatic N) is 1. The number of rotatable bonds is 1. The Labute approximate surface area is 84.3 Å². The topological polar surface area (TPSA) is 32.6 Å². The number of oxime groups is 1. The van der Waals surface area contributed by atoms with Crippen molar-refractivity contribution < 1.29 is 5.21 Å². The van der Waals surface area contributed by atoms with Crippen LogP contribution in [0, 0.1) is 0 Å². The van der Waals surface area contributed by atoms with Crippen LogP contribution in [0.2, 0.25) is 0 Å². The van der Waals surface area contributed by atoms with Crippen molar-refractivity contribution in [3.63, 3.8) is 0 Å². The first kappa shape index (κ1) is 9.25. The van der Waals surface area contributed by atoms with Crippen molar-refractivity contribution in [2.75, 3.05) is 0 Å². The number of fused-ring (bicyclic) bond motifs is 1. The number of hydrogen-bond donors (Lipinski definition) is 1. The van der Waals surface area contributed by atoms with E-state index in [9.17, 15) is 0 Å². The summed E-state index contributed by atoms with van der Waals surface area (Å²) >= 11 is 0. The molecule has 2 heteroatoms. The summed E-state index contributed by atoms with van der Waals surface area (Å²) < 4.78 is 0. The molecule has 1 aromatic rings. The van der Waals surface area contributed by atoms with Crippen LogP contribution in [0.3, 0.4) is 0 Å². The minimum absolute atomic E-state index is 0.994. The Kier molecular flexibility index (Phi) is 2.82. The molecule has 0 saturated heterocycles. The van der Waals surface area contributed by atoms with Gasteiger partial charge in [-0.1, -0.05) is 23.7 Å². The second-order valence-corrected chi connectivity index (χ2v) is 3.83. The van der Waals surface area contributed by atoms with Crippen molar-refractivity contribution in [3.05, 3.63) is 34.9 Å². The normalized spacial score (nSPS) is 16.6. The Hall–Kier alpha value is -1.31. The van der Waals surface area contributed by atoms with Gasteiger partial charge in [-0.25, -0.2) is 0 Å². The first-order valence-corrected chi connectivity index (χ1v) is 5.19. The van der Waals surface area contributed by atoms with E-state index in [4.69, 9.17) is 5.21 Å². The largest absolute Gasteiger partial charge is 0.411 e. The molecule has 0 aromatic heterocycles. The third kappa shape index (κ3) is 1.95. The van der Waals surface area contributed by atoms with Crippen LogP contribution in [0.4, 0.5) is 0 Å². The van der Waals surface area contributed by atoms with E-state index in [0.29, 0.717) is 0 Å². The fourth-order valence-electron chi connectivity index (χ4n) is 2.08. The molecule has 1 aromatic carbocycles. The van der Waals surface area contributed by atoms with Crippen LogP contribution in [0.25, 0.3) is 0 Å². The van der Waals surface area contributed by atoms with Gasteiger partial charge < -0.3 is 5.21 Å². The summed E-state index contributed by atoms with van der Waals surface area (Å²) in [5.41, 5.74) is 3.89. The van der Waals surface area contributed by atoms with Crippen molar-refractivity contribution >= 4 is 6.21 Å². The molecule has 0 fully saturated rings. The maximum Gasteiger partial charge on any atom is 0.0733 e. The third-order valence-corrected chi connectivity index (χ3v) is 2.83. The molecule has 74 valence electrons. The molecule has 0 amide bonds. The summed E-state index contributed by atoms with van der Waals surface area (Å²) in [6, 6.07) is 6.32. The predicted molar refractivity (Wildman–Crippen MR) is 57.1 cm³/mol. The van der Waals surface area contributed by atoms with Gasteiger partial charge in [0.15, 0.2) is 0 Å². The quantitative estimate of drug-likeness (QED) is 0.313. The van der Waals surface area contributed by atoms with Gasteiger partial charge in [0.2, 0.25) is 0 Å². The van der Waals surface area contributed by atoms with Gasteiger partial charge in [-0.05, 0) is 48.4 Å². The second-order valence-electron chi connectivity index (χ2n) is 3.83. The van der Waals surface area contributed by atoms with E-state index in [1.165, 1.54) is 49.4 Å². The Morgan fingerprint density at radius 1 is 1.07 bits per heavy atom. The fourth-order valence-corrected chi connectivity index (χ4v) is 2.08. The maximum atomic E-state index is 8.45. The minimum Gasteiger partial charge on any atom is -0.411 e. The lowest BCUT2D eigenvalue weighted by Gasteiger charge is -2.05. The average Bonchev–Trinajstić information content (AvgIpc) is 2.42. The van der Waals surface area contributed by atoms with Gasteiger partial charge in [0.05, 0.1) is 6.21 Å². The Morgan fingerprint density at radius 2 is 1.86 bits per heavy atom. The highest BCUT2D eigenvalue weighted by Gasteiger charge is 2.07. The molecule has 2 nitrogen and oxygen atoms in total. The smallest absolute Gasteiger partial charge is 0.0733 e. The van der Waals surface area contributed by atoms with E-state index in [-0.39, 0.29) is 0 Å². The first-order chi connectivity index (χ1) is 6.90. The maximum absolute atomic E-state index is 8.45. The SMILES string of the molecule is O/N=C/c1ccc2c(c1)CCCCC2. The zero-order valence-corrected chi connectivity index (χ0v) is 8.24. The van der Waals surface area contributed by atoms with Gasteiger partial charge in [0.25, 0.3) is 0 Å². The number of aryl methyl sites for hydroxylation is 2. The average molecular weight is 189 g/mol. The fraction of sp³-hybridized carbons (Fsp3) is 0.417. The Morgan fingerprint density at radius 3 is 2.64 bits per heavy atom. The van der Waals surface area contributed by atoms with Crippen molar-refractivity contribution in [2.24, 2.45) is 5.16 Å². The van der Waals surface area contributed by atoms with E-state index in [1.54, 1.807) is 0 Å². The van der Waals surface area contributed by atoms with Crippen LogP contribution in [-0.2, 0) is 12.8 Å². The molecule has 0 saturated carbocycles. The monoisotopic (exact) mass is 189 g/mol. The lowest BCUT2D eigenvalue weighted by Crippen LogP contribution is -1.93. The lowest BCUT2D eigenvalue weighted by molar-refractivity contribution is 0.322. The molecule has 0 unspecified atom stereocenters. The molecule has 0 spiro atoms. The first-order valence-electron chi connectivity index (χ1n) is 5.19. The van der Waals surface area contributed by atoms with Crippen LogP contribution < -0.4 is 0 Å². The van der Waals surface area contributed by atoms with Crippen LogP contribution in [0.1, 0.15) is 36.0 Å². The van der Waals surface area contributed by atoms with Crippen molar-refractivity contribution in [1.29, 1.82) is 0 Å². The minimum atomic E-state index is 0.994. The Bertz CT molecular complexity index is 344. The summed E-state index contributed by atoms with van der Waals surface area (Å²) in [6.45, 7) is 0. The van der Waals surface area contributed by atoms with Crippen LogP contribution in [0.5, 0.6) is 0 Å². The number of hydrogen-bond acceptors (Lipinski definition) is 2. The van der Waals surface area contributed by atoms with E-state index in [1.807, 2.05) is 6.07 Å². The summed E-state index contributed by atoms with van der Waals surface area (Å²) in [6.07, 6.45) is 7.78. The molecule has 0 atom stereocenters. The highest BCUT2D eigenvalue weighted by molar-refractivity contribution is 5.79. The standard InChI is InChI=1S/C12H15NO/c14-13-9-10-6-7-11-4-2-1-3-5-12(11)8-10/h6-9,14H,1-5H2/b13-9+. The molecular weight excluding hydrogens is 174 g/mol. The summed E-state index contributed by atoms with van der Waals surface area (Å²) in [7, 11) is 0. The summed E-state index contributed by atoms with van der Waals surface area (Å²) in [5.74, 6) is 0. The highest BCUT2D eigenvalue weighted by atomic mass is 16.4. The van der Waals surface area contributed by atoms with Crippen molar-refractivity contribution in [2.45, 2.75) is 32.1 Å². The second kappa shape index (κ2) is 4.27. The molecule has 14 heavy (non-hydrogen) atoms. The van der Waals surface area contributed by atoms with Gasteiger partial charge in [-0.2, -0.15) is 0 Å². The van der Waals surface area contributed by atoms with E-state index in [2.05, 4.69) is 17.3 Å². The predicted octanol–water partition coefficient (Wildman–Crippen LogP) is 2.76. The van der Waals surface area contributed by atoms with Crippen LogP contribution in [-0.4, -0.2) is 11.4 Å². The molecule has 0 aliphatic heterocycles. The molecular formula is C12H15NO.